The van der Waals surface area contributed by atoms with E-state index in [-0.39, 0.29) is 11.0 Å². The van der Waals surface area contributed by atoms with Crippen molar-refractivity contribution in [2.75, 3.05) is 0 Å². The molecule has 4 heteroatoms. The summed E-state index contributed by atoms with van der Waals surface area (Å²) in [5.41, 5.74) is 0. The summed E-state index contributed by atoms with van der Waals surface area (Å²) in [6.07, 6.45) is 0. The molecule has 0 N–H and O–H groups in total. The van der Waals surface area contributed by atoms with Crippen molar-refractivity contribution in [2.24, 2.45) is 0 Å². The second-order valence-corrected chi connectivity index (χ2v) is 17.2. The maximum atomic E-state index is 11.8. The number of carbonyl (C=O) groups is 1. The van der Waals surface area contributed by atoms with Crippen LogP contribution in [0, 0.1) is 0 Å². The van der Waals surface area contributed by atoms with E-state index in [0.717, 1.165) is 0 Å². The molecule has 0 spiro atoms. The van der Waals surface area contributed by atoms with Gasteiger partial charge in [-0.3, -0.25) is 4.79 Å². The van der Waals surface area contributed by atoms with E-state index in [1.54, 1.807) is 0 Å². The predicted octanol–water partition coefficient (Wildman–Crippen LogP) is 3.87. The fourth-order valence-corrected chi connectivity index (χ4v) is 2.94. The minimum Gasteiger partial charge on any atom is -0.519 e. The van der Waals surface area contributed by atoms with Crippen LogP contribution in [0.1, 0.15) is 20.8 Å². The first-order valence-corrected chi connectivity index (χ1v) is 12.2. The molecule has 0 atom stereocenters. The minimum atomic E-state index is -1.90. The Bertz CT molecular complexity index is 234. The van der Waals surface area contributed by atoms with E-state index in [2.05, 4.69) is 53.5 Å². The molecule has 0 unspecified atom stereocenters. The fourth-order valence-electron chi connectivity index (χ4n) is 0.907. The molecule has 0 aromatic rings. The molecule has 0 aliphatic heterocycles. The average molecular weight is 246 g/mol. The van der Waals surface area contributed by atoms with Crippen molar-refractivity contribution < 1.29 is 9.22 Å². The zero-order valence-corrected chi connectivity index (χ0v) is 13.5. The maximum Gasteiger partial charge on any atom is 0.289 e. The molecule has 0 aliphatic carbocycles. The average Bonchev–Trinajstić information content (AvgIpc) is 1.75. The summed E-state index contributed by atoms with van der Waals surface area (Å²) in [6.45, 7) is 17.3. The summed E-state index contributed by atoms with van der Waals surface area (Å²) < 4.78 is 5.71. The lowest BCUT2D eigenvalue weighted by molar-refractivity contribution is -0.133. The number of carbonyl (C=O) groups excluding carboxylic acids is 1. The monoisotopic (exact) mass is 246 g/mol. The van der Waals surface area contributed by atoms with Crippen LogP contribution >= 0.6 is 0 Å². The van der Waals surface area contributed by atoms with Gasteiger partial charge < -0.3 is 4.43 Å². The SMILES string of the molecule is CC(C)(C)[Si](C)(C)OC(=O)C[Si](C)(C)C. The Kier molecular flexibility index (Phi) is 4.38. The Hall–Kier alpha value is -0.0962. The molecule has 0 bridgehead atoms. The van der Waals surface area contributed by atoms with Gasteiger partial charge in [0.25, 0.3) is 14.3 Å². The van der Waals surface area contributed by atoms with Gasteiger partial charge in [0.1, 0.15) is 0 Å². The van der Waals surface area contributed by atoms with Crippen LogP contribution in [0.2, 0.25) is 43.8 Å². The third-order valence-corrected chi connectivity index (χ3v) is 8.55. The molecule has 0 aromatic heterocycles. The Morgan fingerprint density at radius 2 is 1.47 bits per heavy atom. The third-order valence-electron chi connectivity index (χ3n) is 2.85. The van der Waals surface area contributed by atoms with Crippen LogP contribution in [-0.4, -0.2) is 22.4 Å². The summed E-state index contributed by atoms with van der Waals surface area (Å²) in [5, 5.41) is 0.113. The molecule has 0 fully saturated rings. The highest BCUT2D eigenvalue weighted by Gasteiger charge is 2.40. The van der Waals surface area contributed by atoms with E-state index in [4.69, 9.17) is 4.43 Å². The van der Waals surface area contributed by atoms with E-state index >= 15 is 0 Å². The Morgan fingerprint density at radius 3 is 1.73 bits per heavy atom. The van der Waals surface area contributed by atoms with Crippen LogP contribution in [0.15, 0.2) is 0 Å². The lowest BCUT2D eigenvalue weighted by atomic mass is 10.2. The van der Waals surface area contributed by atoms with Gasteiger partial charge in [-0.15, -0.1) is 0 Å². The second kappa shape index (κ2) is 4.41. The van der Waals surface area contributed by atoms with Gasteiger partial charge >= 0.3 is 0 Å². The van der Waals surface area contributed by atoms with Crippen LogP contribution in [0.3, 0.4) is 0 Å². The molecule has 90 valence electrons. The summed E-state index contributed by atoms with van der Waals surface area (Å²) in [6, 6.07) is 0.638. The number of hydrogen-bond donors (Lipinski definition) is 0. The topological polar surface area (TPSA) is 26.3 Å². The zero-order valence-electron chi connectivity index (χ0n) is 11.5. The molecule has 0 radical (unpaired) electrons. The second-order valence-electron chi connectivity index (χ2n) is 6.97. The first kappa shape index (κ1) is 14.9. The Balaban J connectivity index is 4.43. The standard InChI is InChI=1S/C11H26O2Si2/c1-11(2,3)15(7,8)13-10(12)9-14(4,5)6/h9H2,1-8H3. The molecule has 0 saturated heterocycles. The highest BCUT2D eigenvalue weighted by molar-refractivity contribution is 6.80. The molecule has 2 nitrogen and oxygen atoms in total. The van der Waals surface area contributed by atoms with Gasteiger partial charge in [0.2, 0.25) is 0 Å². The first-order valence-electron chi connectivity index (χ1n) is 5.57. The van der Waals surface area contributed by atoms with Crippen LogP contribution < -0.4 is 0 Å². The summed E-state index contributed by atoms with van der Waals surface area (Å²) in [7, 11) is -3.23. The highest BCUT2D eigenvalue weighted by atomic mass is 28.4. The summed E-state index contributed by atoms with van der Waals surface area (Å²) in [5.74, 6) is 0.0146. The normalized spacial score (nSPS) is 13.9. The molecule has 15 heavy (non-hydrogen) atoms. The van der Waals surface area contributed by atoms with Crippen molar-refractivity contribution in [3.63, 3.8) is 0 Å². The molecular formula is C11H26O2Si2. The third kappa shape index (κ3) is 5.51. The summed E-state index contributed by atoms with van der Waals surface area (Å²) in [4.78, 5) is 11.8. The predicted molar refractivity (Wildman–Crippen MR) is 71.4 cm³/mol. The fraction of sp³-hybridized carbons (Fsp3) is 0.909. The minimum absolute atomic E-state index is 0.0146. The molecule has 0 aromatic carbocycles. The van der Waals surface area contributed by atoms with Gasteiger partial charge in [-0.25, -0.2) is 0 Å². The number of rotatable bonds is 3. The van der Waals surface area contributed by atoms with E-state index in [9.17, 15) is 4.79 Å². The van der Waals surface area contributed by atoms with Crippen molar-refractivity contribution in [1.29, 1.82) is 0 Å². The maximum absolute atomic E-state index is 11.8. The molecular weight excluding hydrogens is 220 g/mol. The van der Waals surface area contributed by atoms with E-state index < -0.39 is 16.4 Å². The Labute approximate surface area is 96.5 Å². The van der Waals surface area contributed by atoms with E-state index in [1.165, 1.54) is 0 Å². The van der Waals surface area contributed by atoms with Gasteiger partial charge in [-0.2, -0.15) is 0 Å². The molecule has 0 heterocycles. The van der Waals surface area contributed by atoms with Gasteiger partial charge in [0.15, 0.2) is 0 Å². The van der Waals surface area contributed by atoms with Crippen molar-refractivity contribution >= 4 is 22.4 Å². The zero-order chi connectivity index (χ0) is 12.5. The van der Waals surface area contributed by atoms with Gasteiger partial charge in [-0.1, -0.05) is 40.4 Å². The van der Waals surface area contributed by atoms with Crippen LogP contribution in [0.4, 0.5) is 0 Å². The smallest absolute Gasteiger partial charge is 0.289 e. The molecule has 0 saturated carbocycles. The summed E-state index contributed by atoms with van der Waals surface area (Å²) >= 11 is 0. The lowest BCUT2D eigenvalue weighted by Crippen LogP contribution is -2.43. The number of hydrogen-bond acceptors (Lipinski definition) is 2. The first-order chi connectivity index (χ1) is 6.35. The van der Waals surface area contributed by atoms with E-state index in [0.29, 0.717) is 6.04 Å². The van der Waals surface area contributed by atoms with E-state index in [1.807, 2.05) is 0 Å². The van der Waals surface area contributed by atoms with Crippen LogP contribution in [-0.2, 0) is 9.22 Å². The Morgan fingerprint density at radius 1 is 1.07 bits per heavy atom. The van der Waals surface area contributed by atoms with Crippen molar-refractivity contribution in [3.05, 3.63) is 0 Å². The molecule has 0 aliphatic rings. The molecule has 0 rings (SSSR count). The van der Waals surface area contributed by atoms with Crippen molar-refractivity contribution in [3.8, 4) is 0 Å². The quantitative estimate of drug-likeness (QED) is 0.707. The lowest BCUT2D eigenvalue weighted by Gasteiger charge is -2.36. The largest absolute Gasteiger partial charge is 0.519 e. The van der Waals surface area contributed by atoms with Crippen LogP contribution in [0.25, 0.3) is 0 Å². The van der Waals surface area contributed by atoms with Crippen molar-refractivity contribution in [2.45, 2.75) is 64.6 Å². The van der Waals surface area contributed by atoms with Crippen LogP contribution in [0.5, 0.6) is 0 Å². The highest BCUT2D eigenvalue weighted by Crippen LogP contribution is 2.37. The van der Waals surface area contributed by atoms with Gasteiger partial charge in [-0.05, 0) is 18.1 Å². The van der Waals surface area contributed by atoms with Crippen molar-refractivity contribution in [1.82, 2.24) is 0 Å². The van der Waals surface area contributed by atoms with Gasteiger partial charge in [0.05, 0.1) is 8.07 Å². The molecule has 0 amide bonds. The van der Waals surface area contributed by atoms with Gasteiger partial charge in [0, 0.05) is 6.04 Å².